The zero-order chi connectivity index (χ0) is 19.9. The van der Waals surface area contributed by atoms with Gasteiger partial charge in [0, 0.05) is 26.5 Å². The molecule has 0 atom stereocenters. The smallest absolute Gasteiger partial charge is 0.252 e. The second-order valence-corrected chi connectivity index (χ2v) is 5.99. The first-order valence-corrected chi connectivity index (χ1v) is 8.65. The summed E-state index contributed by atoms with van der Waals surface area (Å²) in [5, 5.41) is 26.4. The van der Waals surface area contributed by atoms with Gasteiger partial charge in [0.15, 0.2) is 5.82 Å². The molecule has 0 fully saturated rings. The molecule has 8 nitrogen and oxygen atoms in total. The molecule has 0 spiro atoms. The maximum Gasteiger partial charge on any atom is 0.252 e. The average molecular weight is 377 g/mol. The number of carbonyl (C=O) groups is 1. The second-order valence-electron chi connectivity index (χ2n) is 5.99. The van der Waals surface area contributed by atoms with Gasteiger partial charge in [0.25, 0.3) is 5.91 Å². The highest BCUT2D eigenvalue weighted by Crippen LogP contribution is 2.30. The summed E-state index contributed by atoms with van der Waals surface area (Å²) < 4.78 is 6.23. The first-order valence-electron chi connectivity index (χ1n) is 8.65. The maximum atomic E-state index is 12.1. The van der Waals surface area contributed by atoms with Crippen molar-refractivity contribution >= 4 is 5.91 Å². The molecule has 1 amide bonds. The summed E-state index contributed by atoms with van der Waals surface area (Å²) in [6.45, 7) is 1.10. The summed E-state index contributed by atoms with van der Waals surface area (Å²) in [4.78, 5) is 16.3. The number of rotatable bonds is 7. The van der Waals surface area contributed by atoms with Crippen molar-refractivity contribution in [3.05, 3.63) is 59.9 Å². The van der Waals surface area contributed by atoms with Gasteiger partial charge in [-0.05, 0) is 36.2 Å². The summed E-state index contributed by atoms with van der Waals surface area (Å²) in [5.41, 5.74) is 2.20. The molecule has 0 aliphatic heterocycles. The van der Waals surface area contributed by atoms with Crippen LogP contribution in [0.5, 0.6) is 5.88 Å². The van der Waals surface area contributed by atoms with Crippen molar-refractivity contribution in [2.45, 2.75) is 6.42 Å². The minimum Gasteiger partial charge on any atom is -0.493 e. The number of nitrogens with zero attached hydrogens (tertiary/aromatic N) is 4. The fourth-order valence-corrected chi connectivity index (χ4v) is 2.60. The molecule has 142 valence electrons. The lowest BCUT2D eigenvalue weighted by molar-refractivity contribution is 0.0948. The van der Waals surface area contributed by atoms with E-state index in [0.29, 0.717) is 35.7 Å². The molecular formula is C20H19N5O3. The minimum absolute atomic E-state index is 0.0750. The number of methoxy groups -OCH3 is 1. The van der Waals surface area contributed by atoms with E-state index in [2.05, 4.69) is 21.5 Å². The third-order valence-electron chi connectivity index (χ3n) is 4.11. The van der Waals surface area contributed by atoms with Crippen molar-refractivity contribution in [3.8, 4) is 28.9 Å². The molecule has 28 heavy (non-hydrogen) atoms. The lowest BCUT2D eigenvalue weighted by atomic mass is 10.1. The molecule has 3 aromatic rings. The second kappa shape index (κ2) is 8.79. The molecule has 1 aromatic carbocycles. The Kier molecular flexibility index (Phi) is 5.99. The van der Waals surface area contributed by atoms with E-state index in [1.165, 1.54) is 17.1 Å². The number of benzene rings is 1. The Morgan fingerprint density at radius 1 is 1.25 bits per heavy atom. The summed E-state index contributed by atoms with van der Waals surface area (Å²) in [7, 11) is 1.61. The van der Waals surface area contributed by atoms with E-state index in [1.807, 2.05) is 0 Å². The molecular weight excluding hydrogens is 358 g/mol. The highest BCUT2D eigenvalue weighted by atomic mass is 16.5. The fraction of sp³-hybridized carbons (Fsp3) is 0.200. The number of aromatic hydroxyl groups is 1. The third kappa shape index (κ3) is 4.16. The van der Waals surface area contributed by atoms with Crippen molar-refractivity contribution in [2.75, 3.05) is 20.3 Å². The van der Waals surface area contributed by atoms with Crippen molar-refractivity contribution in [1.29, 1.82) is 5.26 Å². The summed E-state index contributed by atoms with van der Waals surface area (Å²) in [6, 6.07) is 12.1. The Morgan fingerprint density at radius 3 is 2.68 bits per heavy atom. The Balaban J connectivity index is 1.74. The molecule has 2 N–H and O–H groups in total. The molecule has 0 aliphatic rings. The first kappa shape index (κ1) is 19.1. The maximum absolute atomic E-state index is 12.1. The monoisotopic (exact) mass is 377 g/mol. The number of nitriles is 1. The fourth-order valence-electron chi connectivity index (χ4n) is 2.60. The third-order valence-corrected chi connectivity index (χ3v) is 4.11. The minimum atomic E-state index is -0.224. The van der Waals surface area contributed by atoms with Crippen LogP contribution in [0.2, 0.25) is 0 Å². The summed E-state index contributed by atoms with van der Waals surface area (Å²) in [6.07, 6.45) is 3.69. The standard InChI is InChI=1S/C20H19N5O3/c1-28-10-2-9-22-19(26)16-7-8-18(23-12-16)25-20(27)17(13-24-25)15-5-3-14(11-21)4-6-15/h3-8,12-13,27H,2,9-10H2,1H3,(H,22,26). The van der Waals surface area contributed by atoms with Crippen molar-refractivity contribution in [3.63, 3.8) is 0 Å². The van der Waals surface area contributed by atoms with Crippen LogP contribution in [-0.4, -0.2) is 46.0 Å². The van der Waals surface area contributed by atoms with Gasteiger partial charge in [-0.1, -0.05) is 12.1 Å². The molecule has 0 aliphatic carbocycles. The first-order chi connectivity index (χ1) is 13.6. The van der Waals surface area contributed by atoms with Gasteiger partial charge in [-0.15, -0.1) is 0 Å². The van der Waals surface area contributed by atoms with Crippen LogP contribution >= 0.6 is 0 Å². The zero-order valence-corrected chi connectivity index (χ0v) is 15.3. The molecule has 0 saturated carbocycles. The molecule has 0 bridgehead atoms. The van der Waals surface area contributed by atoms with Crippen molar-refractivity contribution < 1.29 is 14.6 Å². The number of pyridine rings is 1. The van der Waals surface area contributed by atoms with Crippen LogP contribution in [0.15, 0.2) is 48.8 Å². The Labute approximate surface area is 162 Å². The van der Waals surface area contributed by atoms with E-state index < -0.39 is 0 Å². The lowest BCUT2D eigenvalue weighted by Gasteiger charge is -2.06. The number of amides is 1. The van der Waals surface area contributed by atoms with Gasteiger partial charge in [-0.25, -0.2) is 4.98 Å². The number of carbonyl (C=O) groups excluding carboxylic acids is 1. The van der Waals surface area contributed by atoms with Gasteiger partial charge < -0.3 is 15.2 Å². The lowest BCUT2D eigenvalue weighted by Crippen LogP contribution is -2.25. The number of aromatic nitrogens is 3. The van der Waals surface area contributed by atoms with E-state index in [1.54, 1.807) is 43.5 Å². The SMILES string of the molecule is COCCCNC(=O)c1ccc(-n2ncc(-c3ccc(C#N)cc3)c2O)nc1. The predicted octanol–water partition coefficient (Wildman–Crippen LogP) is 2.28. The van der Waals surface area contributed by atoms with E-state index >= 15 is 0 Å². The Bertz CT molecular complexity index is 988. The van der Waals surface area contributed by atoms with E-state index in [0.717, 1.165) is 12.0 Å². The van der Waals surface area contributed by atoms with Gasteiger partial charge in [0.1, 0.15) is 0 Å². The Hall–Kier alpha value is -3.70. The van der Waals surface area contributed by atoms with Gasteiger partial charge in [0.2, 0.25) is 5.88 Å². The van der Waals surface area contributed by atoms with E-state index in [4.69, 9.17) is 10.00 Å². The van der Waals surface area contributed by atoms with Crippen LogP contribution in [0.1, 0.15) is 22.3 Å². The highest BCUT2D eigenvalue weighted by molar-refractivity contribution is 5.93. The van der Waals surface area contributed by atoms with Crippen LogP contribution in [-0.2, 0) is 4.74 Å². The molecule has 0 saturated heterocycles. The summed E-state index contributed by atoms with van der Waals surface area (Å²) in [5.74, 6) is 0.0837. The normalized spacial score (nSPS) is 10.4. The number of ether oxygens (including phenoxy) is 1. The van der Waals surface area contributed by atoms with Crippen molar-refractivity contribution in [2.24, 2.45) is 0 Å². The van der Waals surface area contributed by atoms with Crippen LogP contribution in [0.25, 0.3) is 16.9 Å². The molecule has 3 rings (SSSR count). The van der Waals surface area contributed by atoms with Crippen LogP contribution < -0.4 is 5.32 Å². The number of hydrogen-bond acceptors (Lipinski definition) is 6. The highest BCUT2D eigenvalue weighted by Gasteiger charge is 2.14. The largest absolute Gasteiger partial charge is 0.493 e. The van der Waals surface area contributed by atoms with Gasteiger partial charge in [0.05, 0.1) is 29.0 Å². The summed E-state index contributed by atoms with van der Waals surface area (Å²) >= 11 is 0. The van der Waals surface area contributed by atoms with Gasteiger partial charge >= 0.3 is 0 Å². The number of nitrogens with one attached hydrogen (secondary N) is 1. The van der Waals surface area contributed by atoms with Gasteiger partial charge in [-0.3, -0.25) is 4.79 Å². The van der Waals surface area contributed by atoms with E-state index in [-0.39, 0.29) is 11.8 Å². The van der Waals surface area contributed by atoms with Crippen LogP contribution in [0, 0.1) is 11.3 Å². The topological polar surface area (TPSA) is 113 Å². The van der Waals surface area contributed by atoms with Crippen LogP contribution in [0.4, 0.5) is 0 Å². The molecule has 0 unspecified atom stereocenters. The molecule has 0 radical (unpaired) electrons. The van der Waals surface area contributed by atoms with Gasteiger partial charge in [-0.2, -0.15) is 15.0 Å². The Morgan fingerprint density at radius 2 is 2.04 bits per heavy atom. The molecule has 8 heteroatoms. The quantitative estimate of drug-likeness (QED) is 0.611. The molecule has 2 aromatic heterocycles. The number of hydrogen-bond donors (Lipinski definition) is 2. The molecule has 2 heterocycles. The van der Waals surface area contributed by atoms with E-state index in [9.17, 15) is 9.90 Å². The average Bonchev–Trinajstić information content (AvgIpc) is 3.12. The van der Waals surface area contributed by atoms with Crippen molar-refractivity contribution in [1.82, 2.24) is 20.1 Å². The predicted molar refractivity (Wildman–Crippen MR) is 102 cm³/mol. The zero-order valence-electron chi connectivity index (χ0n) is 15.3. The van der Waals surface area contributed by atoms with Crippen LogP contribution in [0.3, 0.4) is 0 Å².